The normalized spacial score (nSPS) is 16.0. The number of aryl methyl sites for hydroxylation is 1. The number of aliphatic hydroxyl groups is 1. The van der Waals surface area contributed by atoms with Crippen LogP contribution in [0.15, 0.2) is 30.3 Å². The molecule has 0 unspecified atom stereocenters. The lowest BCUT2D eigenvalue weighted by atomic mass is 9.84. The van der Waals surface area contributed by atoms with Crippen molar-refractivity contribution in [2.45, 2.75) is 58.7 Å². The summed E-state index contributed by atoms with van der Waals surface area (Å²) in [5.74, 6) is 0.809. The standard InChI is InChI=1S/C21H26O3/c1-5-6-7-17(22)14-11-18(23)20-15-10-13(2)8-9-16(15)21(3,4)24-19(20)12-14/h8-12,17,22-23H,5-7H2,1-4H3/t17-/m0/s1. The van der Waals surface area contributed by atoms with Crippen molar-refractivity contribution in [1.82, 2.24) is 0 Å². The molecule has 24 heavy (non-hydrogen) atoms. The maximum Gasteiger partial charge on any atom is 0.132 e. The van der Waals surface area contributed by atoms with E-state index in [4.69, 9.17) is 4.74 Å². The van der Waals surface area contributed by atoms with E-state index < -0.39 is 11.7 Å². The molecular formula is C21H26O3. The largest absolute Gasteiger partial charge is 0.507 e. The minimum Gasteiger partial charge on any atom is -0.507 e. The molecule has 1 aliphatic heterocycles. The Morgan fingerprint density at radius 2 is 1.92 bits per heavy atom. The Balaban J connectivity index is 2.12. The number of hydrogen-bond acceptors (Lipinski definition) is 3. The number of ether oxygens (including phenoxy) is 1. The minimum absolute atomic E-state index is 0.167. The molecule has 0 aromatic heterocycles. The van der Waals surface area contributed by atoms with E-state index in [0.717, 1.165) is 35.1 Å². The molecule has 0 amide bonds. The van der Waals surface area contributed by atoms with Crippen LogP contribution in [-0.2, 0) is 5.60 Å². The van der Waals surface area contributed by atoms with Gasteiger partial charge in [-0.3, -0.25) is 0 Å². The molecule has 2 aromatic rings. The van der Waals surface area contributed by atoms with Gasteiger partial charge in [0.2, 0.25) is 0 Å². The fourth-order valence-corrected chi connectivity index (χ4v) is 3.45. The van der Waals surface area contributed by atoms with Crippen LogP contribution in [0.3, 0.4) is 0 Å². The van der Waals surface area contributed by atoms with Crippen molar-refractivity contribution < 1.29 is 14.9 Å². The third kappa shape index (κ3) is 2.89. The molecule has 0 radical (unpaired) electrons. The van der Waals surface area contributed by atoms with Gasteiger partial charge < -0.3 is 14.9 Å². The number of aromatic hydroxyl groups is 1. The van der Waals surface area contributed by atoms with Gasteiger partial charge in [0.05, 0.1) is 11.7 Å². The first-order chi connectivity index (χ1) is 11.3. The minimum atomic E-state index is -0.577. The zero-order valence-electron chi connectivity index (χ0n) is 14.9. The van der Waals surface area contributed by atoms with E-state index in [2.05, 4.69) is 25.1 Å². The van der Waals surface area contributed by atoms with Crippen LogP contribution in [0.5, 0.6) is 11.5 Å². The number of phenols is 1. The number of phenolic OH excluding ortho intramolecular Hbond substituents is 1. The van der Waals surface area contributed by atoms with Gasteiger partial charge in [-0.2, -0.15) is 0 Å². The van der Waals surface area contributed by atoms with Crippen molar-refractivity contribution in [3.8, 4) is 22.6 Å². The SMILES string of the molecule is CCCC[C@H](O)c1cc(O)c2c(c1)OC(C)(C)c1ccc(C)cc1-2. The van der Waals surface area contributed by atoms with Crippen molar-refractivity contribution in [2.24, 2.45) is 0 Å². The van der Waals surface area contributed by atoms with Gasteiger partial charge in [0.25, 0.3) is 0 Å². The van der Waals surface area contributed by atoms with Crippen molar-refractivity contribution >= 4 is 0 Å². The second-order valence-electron chi connectivity index (χ2n) is 7.23. The zero-order valence-corrected chi connectivity index (χ0v) is 14.9. The van der Waals surface area contributed by atoms with Crippen molar-refractivity contribution in [2.75, 3.05) is 0 Å². The fourth-order valence-electron chi connectivity index (χ4n) is 3.45. The van der Waals surface area contributed by atoms with E-state index in [1.807, 2.05) is 26.8 Å². The lowest BCUT2D eigenvalue weighted by Gasteiger charge is -2.36. The molecule has 0 saturated heterocycles. The second kappa shape index (κ2) is 6.14. The summed E-state index contributed by atoms with van der Waals surface area (Å²) in [6.07, 6.45) is 2.09. The van der Waals surface area contributed by atoms with Gasteiger partial charge in [-0.15, -0.1) is 0 Å². The number of rotatable bonds is 4. The Labute approximate surface area is 143 Å². The van der Waals surface area contributed by atoms with Crippen LogP contribution in [-0.4, -0.2) is 10.2 Å². The van der Waals surface area contributed by atoms with E-state index >= 15 is 0 Å². The zero-order chi connectivity index (χ0) is 17.5. The molecule has 2 N–H and O–H groups in total. The highest BCUT2D eigenvalue weighted by Gasteiger charge is 2.34. The highest BCUT2D eigenvalue weighted by atomic mass is 16.5. The van der Waals surface area contributed by atoms with E-state index in [1.54, 1.807) is 6.07 Å². The van der Waals surface area contributed by atoms with Gasteiger partial charge in [-0.1, -0.05) is 43.5 Å². The Morgan fingerprint density at radius 1 is 1.17 bits per heavy atom. The summed E-state index contributed by atoms with van der Waals surface area (Å²) in [6.45, 7) is 8.20. The van der Waals surface area contributed by atoms with E-state index in [0.29, 0.717) is 17.7 Å². The summed E-state index contributed by atoms with van der Waals surface area (Å²) >= 11 is 0. The molecule has 1 atom stereocenters. The molecule has 3 rings (SSSR count). The first-order valence-electron chi connectivity index (χ1n) is 8.69. The third-order valence-corrected chi connectivity index (χ3v) is 4.78. The van der Waals surface area contributed by atoms with Crippen molar-refractivity contribution in [3.63, 3.8) is 0 Å². The third-order valence-electron chi connectivity index (χ3n) is 4.78. The summed E-state index contributed by atoms with van der Waals surface area (Å²) < 4.78 is 6.19. The quantitative estimate of drug-likeness (QED) is 0.810. The molecule has 128 valence electrons. The second-order valence-corrected chi connectivity index (χ2v) is 7.23. The van der Waals surface area contributed by atoms with Crippen LogP contribution < -0.4 is 4.74 Å². The maximum absolute atomic E-state index is 10.6. The van der Waals surface area contributed by atoms with Crippen molar-refractivity contribution in [3.05, 3.63) is 47.0 Å². The highest BCUT2D eigenvalue weighted by molar-refractivity contribution is 5.82. The lowest BCUT2D eigenvalue weighted by molar-refractivity contribution is 0.104. The molecule has 0 aliphatic carbocycles. The van der Waals surface area contributed by atoms with E-state index in [1.165, 1.54) is 0 Å². The van der Waals surface area contributed by atoms with Gasteiger partial charge in [-0.25, -0.2) is 0 Å². The molecule has 1 heterocycles. The number of unbranched alkanes of at least 4 members (excludes halogenated alkanes) is 1. The summed E-state index contributed by atoms with van der Waals surface area (Å²) in [5, 5.41) is 21.0. The Bertz CT molecular complexity index is 762. The van der Waals surface area contributed by atoms with Gasteiger partial charge in [0, 0.05) is 5.56 Å². The molecule has 0 bridgehead atoms. The Hall–Kier alpha value is -2.00. The smallest absolute Gasteiger partial charge is 0.132 e. The number of benzene rings is 2. The maximum atomic E-state index is 10.6. The molecule has 0 saturated carbocycles. The summed E-state index contributed by atoms with van der Waals surface area (Å²) in [6, 6.07) is 9.77. The predicted octanol–water partition coefficient (Wildman–Crippen LogP) is 5.22. The van der Waals surface area contributed by atoms with Gasteiger partial charge >= 0.3 is 0 Å². The molecule has 2 aromatic carbocycles. The van der Waals surface area contributed by atoms with Crippen LogP contribution in [0, 0.1) is 6.92 Å². The van der Waals surface area contributed by atoms with Crippen LogP contribution >= 0.6 is 0 Å². The fraction of sp³-hybridized carbons (Fsp3) is 0.429. The molecular weight excluding hydrogens is 300 g/mol. The lowest BCUT2D eigenvalue weighted by Crippen LogP contribution is -2.29. The van der Waals surface area contributed by atoms with Crippen LogP contribution in [0.25, 0.3) is 11.1 Å². The molecule has 0 fully saturated rings. The first-order valence-corrected chi connectivity index (χ1v) is 8.69. The van der Waals surface area contributed by atoms with Crippen molar-refractivity contribution in [1.29, 1.82) is 0 Å². The highest BCUT2D eigenvalue weighted by Crippen LogP contribution is 2.50. The molecule has 3 heteroatoms. The van der Waals surface area contributed by atoms with Gasteiger partial charge in [0.1, 0.15) is 17.1 Å². The summed E-state index contributed by atoms with van der Waals surface area (Å²) in [5.41, 5.74) is 4.17. The Kier molecular flexibility index (Phi) is 4.31. The first kappa shape index (κ1) is 16.8. The molecule has 3 nitrogen and oxygen atoms in total. The van der Waals surface area contributed by atoms with Gasteiger partial charge in [0.15, 0.2) is 0 Å². The summed E-state index contributed by atoms with van der Waals surface area (Å²) in [7, 11) is 0. The Morgan fingerprint density at radius 3 is 2.62 bits per heavy atom. The average Bonchev–Trinajstić information content (AvgIpc) is 2.50. The number of hydrogen-bond donors (Lipinski definition) is 2. The average molecular weight is 326 g/mol. The molecule has 0 spiro atoms. The van der Waals surface area contributed by atoms with Gasteiger partial charge in [-0.05, 0) is 50.5 Å². The van der Waals surface area contributed by atoms with E-state index in [-0.39, 0.29) is 5.75 Å². The number of fused-ring (bicyclic) bond motifs is 3. The molecule has 1 aliphatic rings. The van der Waals surface area contributed by atoms with Crippen LogP contribution in [0.2, 0.25) is 0 Å². The van der Waals surface area contributed by atoms with Crippen LogP contribution in [0.1, 0.15) is 62.8 Å². The summed E-state index contributed by atoms with van der Waals surface area (Å²) in [4.78, 5) is 0. The van der Waals surface area contributed by atoms with E-state index in [9.17, 15) is 10.2 Å². The predicted molar refractivity (Wildman–Crippen MR) is 96.4 cm³/mol. The topological polar surface area (TPSA) is 49.7 Å². The monoisotopic (exact) mass is 326 g/mol. The van der Waals surface area contributed by atoms with Crippen LogP contribution in [0.4, 0.5) is 0 Å². The number of aliphatic hydroxyl groups excluding tert-OH is 1.